The molecule has 0 aliphatic carbocycles. The van der Waals surface area contributed by atoms with Crippen LogP contribution in [0.4, 0.5) is 21.8 Å². The number of aromatic nitrogens is 2. The molecule has 1 heterocycles. The van der Waals surface area contributed by atoms with E-state index in [4.69, 9.17) is 0 Å². The van der Waals surface area contributed by atoms with E-state index in [1.165, 1.54) is 6.20 Å². The van der Waals surface area contributed by atoms with Crippen molar-refractivity contribution in [3.63, 3.8) is 0 Å². The lowest BCUT2D eigenvalue weighted by atomic mass is 10.1. The zero-order valence-corrected chi connectivity index (χ0v) is 11.1. The molecule has 1 aromatic carbocycles. The molecule has 5 heteroatoms. The maximum absolute atomic E-state index is 13.7. The van der Waals surface area contributed by atoms with Gasteiger partial charge in [0, 0.05) is 12.2 Å². The Hall–Kier alpha value is -2.17. The molecular weight excluding hydrogens is 243 g/mol. The van der Waals surface area contributed by atoms with E-state index in [1.54, 1.807) is 0 Å². The van der Waals surface area contributed by atoms with Crippen LogP contribution in [-0.2, 0) is 6.42 Å². The molecule has 2 rings (SSSR count). The van der Waals surface area contributed by atoms with E-state index in [2.05, 4.69) is 27.5 Å². The van der Waals surface area contributed by atoms with Crippen LogP contribution in [0.3, 0.4) is 0 Å². The molecule has 100 valence electrons. The van der Waals surface area contributed by atoms with Crippen LogP contribution in [0.5, 0.6) is 0 Å². The first-order valence-electron chi connectivity index (χ1n) is 6.36. The molecule has 0 aliphatic heterocycles. The average Bonchev–Trinajstić information content (AvgIpc) is 2.43. The zero-order valence-electron chi connectivity index (χ0n) is 11.1. The fourth-order valence-corrected chi connectivity index (χ4v) is 1.78. The van der Waals surface area contributed by atoms with Crippen LogP contribution in [0.25, 0.3) is 0 Å². The maximum atomic E-state index is 13.7. The van der Waals surface area contributed by atoms with Crippen molar-refractivity contribution in [1.29, 1.82) is 0 Å². The number of halogens is 1. The molecule has 0 atom stereocenters. The Balaban J connectivity index is 2.29. The highest BCUT2D eigenvalue weighted by molar-refractivity contribution is 5.61. The molecule has 0 spiro atoms. The number of anilines is 3. The molecule has 2 N–H and O–H groups in total. The van der Waals surface area contributed by atoms with Gasteiger partial charge in [-0.3, -0.25) is 0 Å². The minimum Gasteiger partial charge on any atom is -0.354 e. The number of nitrogens with one attached hydrogen (secondary N) is 2. The standard InChI is InChI=1S/C14H17FN4/c1-3-10-7-5-6-8-12(10)18-13-11(15)9-17-14(19-13)16-4-2/h5-9H,3-4H2,1-2H3,(H2,16,17,18,19). The lowest BCUT2D eigenvalue weighted by molar-refractivity contribution is 0.619. The largest absolute Gasteiger partial charge is 0.354 e. The Morgan fingerprint density at radius 2 is 2.00 bits per heavy atom. The van der Waals surface area contributed by atoms with E-state index >= 15 is 0 Å². The molecule has 0 amide bonds. The maximum Gasteiger partial charge on any atom is 0.224 e. The molecule has 0 bridgehead atoms. The van der Waals surface area contributed by atoms with Crippen molar-refractivity contribution in [2.24, 2.45) is 0 Å². The Labute approximate surface area is 112 Å². The lowest BCUT2D eigenvalue weighted by Crippen LogP contribution is -2.06. The number of hydrogen-bond acceptors (Lipinski definition) is 4. The highest BCUT2D eigenvalue weighted by atomic mass is 19.1. The van der Waals surface area contributed by atoms with E-state index in [9.17, 15) is 4.39 Å². The molecule has 1 aromatic heterocycles. The van der Waals surface area contributed by atoms with Crippen molar-refractivity contribution in [2.75, 3.05) is 17.2 Å². The predicted molar refractivity (Wildman–Crippen MR) is 75.3 cm³/mol. The normalized spacial score (nSPS) is 10.3. The van der Waals surface area contributed by atoms with Crippen LogP contribution in [0, 0.1) is 5.82 Å². The van der Waals surface area contributed by atoms with Crippen LogP contribution in [-0.4, -0.2) is 16.5 Å². The predicted octanol–water partition coefficient (Wildman–Crippen LogP) is 3.35. The molecule has 0 fully saturated rings. The molecular formula is C14H17FN4. The summed E-state index contributed by atoms with van der Waals surface area (Å²) in [6.45, 7) is 4.68. The quantitative estimate of drug-likeness (QED) is 0.865. The molecule has 2 aromatic rings. The molecule has 4 nitrogen and oxygen atoms in total. The number of benzene rings is 1. The molecule has 0 unspecified atom stereocenters. The minimum absolute atomic E-state index is 0.187. The minimum atomic E-state index is -0.465. The zero-order chi connectivity index (χ0) is 13.7. The Morgan fingerprint density at radius 1 is 1.21 bits per heavy atom. The second kappa shape index (κ2) is 6.13. The second-order valence-electron chi connectivity index (χ2n) is 4.06. The van der Waals surface area contributed by atoms with Crippen molar-refractivity contribution in [3.8, 4) is 0 Å². The van der Waals surface area contributed by atoms with Crippen LogP contribution in [0.1, 0.15) is 19.4 Å². The SMILES string of the molecule is CCNc1ncc(F)c(Nc2ccccc2CC)n1. The van der Waals surface area contributed by atoms with E-state index in [0.717, 1.165) is 17.7 Å². The summed E-state index contributed by atoms with van der Waals surface area (Å²) in [5.41, 5.74) is 1.98. The van der Waals surface area contributed by atoms with Crippen molar-refractivity contribution >= 4 is 17.5 Å². The number of aryl methyl sites for hydroxylation is 1. The number of rotatable bonds is 5. The smallest absolute Gasteiger partial charge is 0.224 e. The summed E-state index contributed by atoms with van der Waals surface area (Å²) in [6, 6.07) is 7.79. The molecule has 19 heavy (non-hydrogen) atoms. The summed E-state index contributed by atoms with van der Waals surface area (Å²) >= 11 is 0. The van der Waals surface area contributed by atoms with Crippen LogP contribution >= 0.6 is 0 Å². The molecule has 0 aliphatic rings. The third-order valence-electron chi connectivity index (χ3n) is 2.73. The third kappa shape index (κ3) is 3.19. The van der Waals surface area contributed by atoms with E-state index in [0.29, 0.717) is 12.5 Å². The van der Waals surface area contributed by atoms with Crippen LogP contribution < -0.4 is 10.6 Å². The average molecular weight is 260 g/mol. The van der Waals surface area contributed by atoms with Gasteiger partial charge in [-0.2, -0.15) is 4.98 Å². The van der Waals surface area contributed by atoms with E-state index in [-0.39, 0.29) is 5.82 Å². The Bertz CT molecular complexity index is 557. The summed E-state index contributed by atoms with van der Waals surface area (Å²) in [5.74, 6) is 0.139. The summed E-state index contributed by atoms with van der Waals surface area (Å²) in [7, 11) is 0. The van der Waals surface area contributed by atoms with Gasteiger partial charge >= 0.3 is 0 Å². The summed E-state index contributed by atoms with van der Waals surface area (Å²) in [5, 5.41) is 5.99. The van der Waals surface area contributed by atoms with Crippen LogP contribution in [0.15, 0.2) is 30.5 Å². The number of para-hydroxylation sites is 1. The van der Waals surface area contributed by atoms with Crippen molar-refractivity contribution in [2.45, 2.75) is 20.3 Å². The molecule has 0 saturated heterocycles. The van der Waals surface area contributed by atoms with Gasteiger partial charge in [0.25, 0.3) is 0 Å². The van der Waals surface area contributed by atoms with Gasteiger partial charge in [-0.15, -0.1) is 0 Å². The highest BCUT2D eigenvalue weighted by Gasteiger charge is 2.08. The second-order valence-corrected chi connectivity index (χ2v) is 4.06. The monoisotopic (exact) mass is 260 g/mol. The van der Waals surface area contributed by atoms with Crippen LogP contribution in [0.2, 0.25) is 0 Å². The first-order valence-corrected chi connectivity index (χ1v) is 6.36. The molecule has 0 saturated carbocycles. The van der Waals surface area contributed by atoms with Gasteiger partial charge in [0.15, 0.2) is 11.6 Å². The van der Waals surface area contributed by atoms with E-state index in [1.807, 2.05) is 31.2 Å². The van der Waals surface area contributed by atoms with Gasteiger partial charge in [0.1, 0.15) is 0 Å². The lowest BCUT2D eigenvalue weighted by Gasteiger charge is -2.11. The van der Waals surface area contributed by atoms with Gasteiger partial charge in [0.05, 0.1) is 6.20 Å². The van der Waals surface area contributed by atoms with Gasteiger partial charge in [-0.25, -0.2) is 9.37 Å². The Morgan fingerprint density at radius 3 is 2.74 bits per heavy atom. The van der Waals surface area contributed by atoms with Crippen molar-refractivity contribution < 1.29 is 4.39 Å². The number of nitrogens with zero attached hydrogens (tertiary/aromatic N) is 2. The van der Waals surface area contributed by atoms with E-state index < -0.39 is 5.82 Å². The summed E-state index contributed by atoms with van der Waals surface area (Å²) in [6.07, 6.45) is 2.04. The fraction of sp³-hybridized carbons (Fsp3) is 0.286. The van der Waals surface area contributed by atoms with Gasteiger partial charge < -0.3 is 10.6 Å². The Kier molecular flexibility index (Phi) is 4.28. The number of hydrogen-bond donors (Lipinski definition) is 2. The first-order chi connectivity index (χ1) is 9.24. The van der Waals surface area contributed by atoms with Gasteiger partial charge in [-0.1, -0.05) is 25.1 Å². The van der Waals surface area contributed by atoms with Crippen molar-refractivity contribution in [1.82, 2.24) is 9.97 Å². The third-order valence-corrected chi connectivity index (χ3v) is 2.73. The van der Waals surface area contributed by atoms with Crippen molar-refractivity contribution in [3.05, 3.63) is 41.8 Å². The summed E-state index contributed by atoms with van der Waals surface area (Å²) < 4.78 is 13.7. The topological polar surface area (TPSA) is 49.8 Å². The molecule has 0 radical (unpaired) electrons. The van der Waals surface area contributed by atoms with Gasteiger partial charge in [0.2, 0.25) is 5.95 Å². The summed E-state index contributed by atoms with van der Waals surface area (Å²) in [4.78, 5) is 8.00. The van der Waals surface area contributed by atoms with Gasteiger partial charge in [-0.05, 0) is 25.0 Å². The highest BCUT2D eigenvalue weighted by Crippen LogP contribution is 2.22. The first kappa shape index (κ1) is 13.3. The fourth-order valence-electron chi connectivity index (χ4n) is 1.78.